The summed E-state index contributed by atoms with van der Waals surface area (Å²) in [5.74, 6) is -1.38. The van der Waals surface area contributed by atoms with E-state index in [1.54, 1.807) is 6.92 Å². The summed E-state index contributed by atoms with van der Waals surface area (Å²) < 4.78 is 26.2. The Morgan fingerprint density at radius 3 is 2.70 bits per heavy atom. The molecule has 1 atom stereocenters. The molecule has 0 aliphatic carbocycles. The number of anilines is 1. The highest BCUT2D eigenvalue weighted by Crippen LogP contribution is 2.27. The molecule has 3 aromatic rings. The first-order valence-electron chi connectivity index (χ1n) is 7.08. The number of thiophene rings is 1. The molecule has 0 bridgehead atoms. The van der Waals surface area contributed by atoms with Crippen molar-refractivity contribution in [1.82, 2.24) is 9.97 Å². The average Bonchev–Trinajstić information content (AvgIpc) is 2.78. The first kappa shape index (κ1) is 15.6. The lowest BCUT2D eigenvalue weighted by atomic mass is 10.2. The van der Waals surface area contributed by atoms with Crippen LogP contribution in [0.3, 0.4) is 0 Å². The van der Waals surface area contributed by atoms with Crippen molar-refractivity contribution in [3.63, 3.8) is 0 Å². The maximum Gasteiger partial charge on any atom is 0.259 e. The minimum Gasteiger partial charge on any atom is -0.375 e. The highest BCUT2D eigenvalue weighted by Gasteiger charge is 2.15. The van der Waals surface area contributed by atoms with E-state index in [1.165, 1.54) is 17.4 Å². The number of hydrogen-bond donors (Lipinski definition) is 2. The van der Waals surface area contributed by atoms with Gasteiger partial charge in [-0.2, -0.15) is 0 Å². The van der Waals surface area contributed by atoms with Crippen LogP contribution in [0, 0.1) is 25.5 Å². The number of H-pyrrole nitrogens is 1. The van der Waals surface area contributed by atoms with Crippen LogP contribution in [0.25, 0.3) is 10.2 Å². The van der Waals surface area contributed by atoms with E-state index in [4.69, 9.17) is 0 Å². The van der Waals surface area contributed by atoms with Crippen LogP contribution in [0.4, 0.5) is 14.5 Å². The predicted molar refractivity (Wildman–Crippen MR) is 88.1 cm³/mol. The van der Waals surface area contributed by atoms with E-state index >= 15 is 0 Å². The summed E-state index contributed by atoms with van der Waals surface area (Å²) in [5.41, 5.74) is 1.16. The molecular formula is C16H15F2N3OS. The third-order valence-corrected chi connectivity index (χ3v) is 4.87. The van der Waals surface area contributed by atoms with Crippen LogP contribution in [-0.2, 0) is 0 Å². The summed E-state index contributed by atoms with van der Waals surface area (Å²) in [7, 11) is 0. The van der Waals surface area contributed by atoms with Crippen molar-refractivity contribution in [2.45, 2.75) is 26.8 Å². The second-order valence-electron chi connectivity index (χ2n) is 5.41. The van der Waals surface area contributed by atoms with E-state index in [9.17, 15) is 13.6 Å². The van der Waals surface area contributed by atoms with E-state index < -0.39 is 11.6 Å². The van der Waals surface area contributed by atoms with Crippen LogP contribution in [0.2, 0.25) is 0 Å². The van der Waals surface area contributed by atoms with Gasteiger partial charge in [0.25, 0.3) is 5.56 Å². The lowest BCUT2D eigenvalue weighted by Gasteiger charge is -2.14. The second-order valence-corrected chi connectivity index (χ2v) is 6.61. The zero-order valence-corrected chi connectivity index (χ0v) is 13.6. The Morgan fingerprint density at radius 1 is 1.26 bits per heavy atom. The molecule has 4 nitrogen and oxygen atoms in total. The van der Waals surface area contributed by atoms with Gasteiger partial charge in [0.15, 0.2) is 11.6 Å². The zero-order chi connectivity index (χ0) is 16.7. The van der Waals surface area contributed by atoms with Gasteiger partial charge in [0, 0.05) is 16.6 Å². The van der Waals surface area contributed by atoms with Gasteiger partial charge >= 0.3 is 0 Å². The molecule has 7 heteroatoms. The number of nitrogens with zero attached hydrogens (tertiary/aromatic N) is 1. The van der Waals surface area contributed by atoms with E-state index in [-0.39, 0.29) is 11.6 Å². The number of aromatic amines is 1. The standard InChI is InChI=1S/C16H15F2N3OS/c1-7-9(3)23-16-13(7)15(22)20-14(21-16)8(2)19-10-4-5-11(17)12(18)6-10/h4-6,8,19H,1-3H3,(H,20,21,22). The first-order valence-corrected chi connectivity index (χ1v) is 7.90. The fourth-order valence-electron chi connectivity index (χ4n) is 2.38. The van der Waals surface area contributed by atoms with Crippen LogP contribution in [0.5, 0.6) is 0 Å². The molecule has 1 unspecified atom stereocenters. The van der Waals surface area contributed by atoms with Crippen LogP contribution >= 0.6 is 11.3 Å². The number of hydrogen-bond acceptors (Lipinski definition) is 4. The Bertz CT molecular complexity index is 948. The third kappa shape index (κ3) is 2.84. The molecule has 2 aromatic heterocycles. The van der Waals surface area contributed by atoms with E-state index in [0.29, 0.717) is 21.7 Å². The van der Waals surface area contributed by atoms with E-state index in [0.717, 1.165) is 22.6 Å². The van der Waals surface area contributed by atoms with Gasteiger partial charge in [-0.1, -0.05) is 0 Å². The number of benzene rings is 1. The molecule has 0 aliphatic rings. The minimum atomic E-state index is -0.927. The van der Waals surface area contributed by atoms with Gasteiger partial charge in [-0.25, -0.2) is 13.8 Å². The van der Waals surface area contributed by atoms with Crippen LogP contribution in [-0.4, -0.2) is 9.97 Å². The monoisotopic (exact) mass is 335 g/mol. The number of aryl methyl sites for hydroxylation is 2. The fourth-order valence-corrected chi connectivity index (χ4v) is 3.42. The molecule has 0 aliphatic heterocycles. The Balaban J connectivity index is 1.96. The first-order chi connectivity index (χ1) is 10.9. The highest BCUT2D eigenvalue weighted by molar-refractivity contribution is 7.18. The summed E-state index contributed by atoms with van der Waals surface area (Å²) in [6.45, 7) is 5.64. The van der Waals surface area contributed by atoms with Gasteiger partial charge in [-0.05, 0) is 38.5 Å². The quantitative estimate of drug-likeness (QED) is 0.759. The number of halogens is 2. The summed E-state index contributed by atoms with van der Waals surface area (Å²) in [5, 5.41) is 3.61. The fraction of sp³-hybridized carbons (Fsp3) is 0.250. The number of aromatic nitrogens is 2. The number of fused-ring (bicyclic) bond motifs is 1. The molecule has 0 radical (unpaired) electrons. The van der Waals surface area contributed by atoms with E-state index in [2.05, 4.69) is 15.3 Å². The van der Waals surface area contributed by atoms with Crippen molar-refractivity contribution >= 4 is 27.2 Å². The molecule has 2 heterocycles. The maximum absolute atomic E-state index is 13.3. The van der Waals surface area contributed by atoms with Crippen LogP contribution in [0.1, 0.15) is 29.2 Å². The van der Waals surface area contributed by atoms with Crippen molar-refractivity contribution in [2.24, 2.45) is 0 Å². The topological polar surface area (TPSA) is 57.8 Å². The lowest BCUT2D eigenvalue weighted by Crippen LogP contribution is -2.17. The van der Waals surface area contributed by atoms with Gasteiger partial charge in [0.05, 0.1) is 11.4 Å². The van der Waals surface area contributed by atoms with Gasteiger partial charge in [0.1, 0.15) is 10.7 Å². The summed E-state index contributed by atoms with van der Waals surface area (Å²) in [6.07, 6.45) is 0. The zero-order valence-electron chi connectivity index (χ0n) is 12.8. The van der Waals surface area contributed by atoms with Gasteiger partial charge in [-0.15, -0.1) is 11.3 Å². The van der Waals surface area contributed by atoms with Crippen LogP contribution in [0.15, 0.2) is 23.0 Å². The van der Waals surface area contributed by atoms with Crippen molar-refractivity contribution in [3.05, 3.63) is 56.5 Å². The van der Waals surface area contributed by atoms with Crippen molar-refractivity contribution in [3.8, 4) is 0 Å². The highest BCUT2D eigenvalue weighted by atomic mass is 32.1. The van der Waals surface area contributed by atoms with Crippen molar-refractivity contribution in [1.29, 1.82) is 0 Å². The Morgan fingerprint density at radius 2 is 2.00 bits per heavy atom. The molecule has 0 fully saturated rings. The summed E-state index contributed by atoms with van der Waals surface area (Å²) in [6, 6.07) is 3.20. The average molecular weight is 335 g/mol. The SMILES string of the molecule is Cc1sc2nc(C(C)Nc3ccc(F)c(F)c3)[nH]c(=O)c2c1C. The molecule has 0 saturated heterocycles. The number of rotatable bonds is 3. The molecule has 23 heavy (non-hydrogen) atoms. The second kappa shape index (κ2) is 5.73. The van der Waals surface area contributed by atoms with Gasteiger partial charge in [0.2, 0.25) is 0 Å². The third-order valence-electron chi connectivity index (χ3n) is 3.77. The number of nitrogens with one attached hydrogen (secondary N) is 2. The maximum atomic E-state index is 13.3. The Kier molecular flexibility index (Phi) is 3.89. The Labute approximate surface area is 135 Å². The minimum absolute atomic E-state index is 0.189. The van der Waals surface area contributed by atoms with Gasteiger partial charge in [-0.3, -0.25) is 4.79 Å². The van der Waals surface area contributed by atoms with E-state index in [1.807, 2.05) is 13.8 Å². The van der Waals surface area contributed by atoms with Gasteiger partial charge < -0.3 is 10.3 Å². The lowest BCUT2D eigenvalue weighted by molar-refractivity contribution is 0.509. The molecule has 0 spiro atoms. The predicted octanol–water partition coefficient (Wildman–Crippen LogP) is 4.05. The molecule has 3 rings (SSSR count). The normalized spacial score (nSPS) is 12.6. The van der Waals surface area contributed by atoms with Crippen molar-refractivity contribution in [2.75, 3.05) is 5.32 Å². The molecule has 0 saturated carbocycles. The summed E-state index contributed by atoms with van der Waals surface area (Å²) >= 11 is 1.47. The summed E-state index contributed by atoms with van der Waals surface area (Å²) in [4.78, 5) is 21.2. The van der Waals surface area contributed by atoms with Crippen LogP contribution < -0.4 is 10.9 Å². The van der Waals surface area contributed by atoms with Crippen molar-refractivity contribution < 1.29 is 8.78 Å². The molecule has 0 amide bonds. The molecule has 120 valence electrons. The molecule has 1 aromatic carbocycles. The Hall–Kier alpha value is -2.28. The largest absolute Gasteiger partial charge is 0.375 e. The smallest absolute Gasteiger partial charge is 0.259 e. The molecule has 2 N–H and O–H groups in total. The molecular weight excluding hydrogens is 320 g/mol.